The molecule has 0 aliphatic heterocycles. The fourth-order valence-corrected chi connectivity index (χ4v) is 4.67. The van der Waals surface area contributed by atoms with Gasteiger partial charge in [-0.1, -0.05) is 32.0 Å². The molecule has 0 fully saturated rings. The minimum Gasteiger partial charge on any atom is -0.351 e. The van der Waals surface area contributed by atoms with Crippen molar-refractivity contribution in [3.63, 3.8) is 0 Å². The van der Waals surface area contributed by atoms with Gasteiger partial charge in [0.25, 0.3) is 5.91 Å². The molecule has 0 atom stereocenters. The van der Waals surface area contributed by atoms with Crippen LogP contribution in [0.1, 0.15) is 35.5 Å². The zero-order valence-electron chi connectivity index (χ0n) is 21.4. The van der Waals surface area contributed by atoms with Crippen molar-refractivity contribution in [2.24, 2.45) is 0 Å². The lowest BCUT2D eigenvalue weighted by Crippen LogP contribution is -2.35. The van der Waals surface area contributed by atoms with Crippen LogP contribution in [0.4, 0.5) is 8.78 Å². The summed E-state index contributed by atoms with van der Waals surface area (Å²) in [4.78, 5) is 23.3. The molecule has 0 saturated carbocycles. The van der Waals surface area contributed by atoms with Crippen LogP contribution in [0.3, 0.4) is 0 Å². The zero-order valence-corrected chi connectivity index (χ0v) is 21.4. The van der Waals surface area contributed by atoms with E-state index in [2.05, 4.69) is 40.1 Å². The number of imidazole rings is 1. The van der Waals surface area contributed by atoms with Crippen molar-refractivity contribution in [1.29, 1.82) is 0 Å². The molecule has 0 saturated heterocycles. The first-order chi connectivity index (χ1) is 18.5. The third-order valence-electron chi connectivity index (χ3n) is 6.85. The molecule has 0 bridgehead atoms. The highest BCUT2D eigenvalue weighted by Gasteiger charge is 2.16. The molecular weight excluding hydrogens is 484 g/mol. The van der Waals surface area contributed by atoms with E-state index >= 15 is 4.39 Å². The van der Waals surface area contributed by atoms with Gasteiger partial charge in [-0.15, -0.1) is 0 Å². The highest BCUT2D eigenvalue weighted by molar-refractivity contribution is 5.95. The molecule has 0 radical (unpaired) electrons. The minimum atomic E-state index is -0.654. The molecular formula is C30H29F2N5O. The Balaban J connectivity index is 1.39. The zero-order chi connectivity index (χ0) is 26.6. The topological polar surface area (TPSA) is 62.5 Å². The number of hydrogen-bond donors (Lipinski definition) is 1. The summed E-state index contributed by atoms with van der Waals surface area (Å²) >= 11 is 0. The molecule has 3 aromatic heterocycles. The number of carbonyl (C=O) groups excluding carboxylic acids is 1. The summed E-state index contributed by atoms with van der Waals surface area (Å²) < 4.78 is 31.7. The van der Waals surface area contributed by atoms with Gasteiger partial charge in [-0.05, 0) is 60.6 Å². The first kappa shape index (κ1) is 25.5. The number of likely N-dealkylation sites (N-methyl/N-ethyl adjacent to an activating group) is 1. The summed E-state index contributed by atoms with van der Waals surface area (Å²) in [6.45, 7) is 7.00. The van der Waals surface area contributed by atoms with Crippen molar-refractivity contribution in [3.05, 3.63) is 102 Å². The van der Waals surface area contributed by atoms with Crippen LogP contribution < -0.4 is 5.32 Å². The van der Waals surface area contributed by atoms with Gasteiger partial charge >= 0.3 is 0 Å². The average Bonchev–Trinajstić information content (AvgIpc) is 3.34. The Kier molecular flexibility index (Phi) is 7.42. The van der Waals surface area contributed by atoms with E-state index in [0.717, 1.165) is 35.2 Å². The summed E-state index contributed by atoms with van der Waals surface area (Å²) in [5.41, 5.74) is 3.88. The van der Waals surface area contributed by atoms with Crippen LogP contribution in [0.5, 0.6) is 0 Å². The summed E-state index contributed by atoms with van der Waals surface area (Å²) in [7, 11) is 0. The van der Waals surface area contributed by atoms with Gasteiger partial charge in [0.15, 0.2) is 11.5 Å². The van der Waals surface area contributed by atoms with Crippen molar-refractivity contribution in [3.8, 4) is 11.1 Å². The number of aromatic nitrogens is 3. The van der Waals surface area contributed by atoms with Crippen LogP contribution in [0.15, 0.2) is 73.2 Å². The molecule has 0 spiro atoms. The fraction of sp³-hybridized carbons (Fsp3) is 0.233. The Bertz CT molecular complexity index is 1610. The number of hydrogen-bond acceptors (Lipinski definition) is 4. The lowest BCUT2D eigenvalue weighted by atomic mass is 10.0. The molecule has 6 nitrogen and oxygen atoms in total. The molecule has 5 rings (SSSR count). The van der Waals surface area contributed by atoms with E-state index in [1.54, 1.807) is 29.1 Å². The second-order valence-corrected chi connectivity index (χ2v) is 9.20. The summed E-state index contributed by atoms with van der Waals surface area (Å²) in [5, 5.41) is 3.80. The molecule has 0 aliphatic rings. The summed E-state index contributed by atoms with van der Waals surface area (Å²) in [5.74, 6) is -1.63. The quantitative estimate of drug-likeness (QED) is 0.283. The van der Waals surface area contributed by atoms with Crippen LogP contribution in [-0.4, -0.2) is 51.4 Å². The second-order valence-electron chi connectivity index (χ2n) is 9.20. The standard InChI is InChI=1S/C30H29F2N5O/c1-3-36(4-2)13-12-34-30(38)25-9-8-21(16-26(25)31)23-17-27(32)29-35-18-24(37(29)19-23)15-20-7-10-28-22(14-20)6-5-11-33-28/h5-11,14,16-19H,3-4,12-13,15H2,1-2H3,(H,34,38). The number of carbonyl (C=O) groups is 1. The van der Waals surface area contributed by atoms with Gasteiger partial charge in [-0.3, -0.25) is 9.78 Å². The van der Waals surface area contributed by atoms with Crippen LogP contribution in [0.25, 0.3) is 27.7 Å². The summed E-state index contributed by atoms with van der Waals surface area (Å²) in [6.07, 6.45) is 5.70. The Morgan fingerprint density at radius 1 is 0.974 bits per heavy atom. The van der Waals surface area contributed by atoms with Crippen molar-refractivity contribution in [1.82, 2.24) is 24.6 Å². The van der Waals surface area contributed by atoms with E-state index in [4.69, 9.17) is 0 Å². The molecule has 0 aliphatic carbocycles. The van der Waals surface area contributed by atoms with Gasteiger partial charge in [-0.25, -0.2) is 13.8 Å². The highest BCUT2D eigenvalue weighted by atomic mass is 19.1. The maximum Gasteiger partial charge on any atom is 0.254 e. The van der Waals surface area contributed by atoms with Crippen LogP contribution >= 0.6 is 0 Å². The first-order valence-corrected chi connectivity index (χ1v) is 12.8. The molecule has 5 aromatic rings. The van der Waals surface area contributed by atoms with Crippen LogP contribution in [-0.2, 0) is 6.42 Å². The van der Waals surface area contributed by atoms with E-state index in [-0.39, 0.29) is 11.2 Å². The number of halogens is 2. The molecule has 1 N–H and O–H groups in total. The highest BCUT2D eigenvalue weighted by Crippen LogP contribution is 2.26. The smallest absolute Gasteiger partial charge is 0.254 e. The Hall–Kier alpha value is -4.17. The second kappa shape index (κ2) is 11.1. The predicted octanol–water partition coefficient (Wildman–Crippen LogP) is 5.49. The number of nitrogens with one attached hydrogen (secondary N) is 1. The molecule has 194 valence electrons. The molecule has 2 aromatic carbocycles. The summed E-state index contributed by atoms with van der Waals surface area (Å²) in [6, 6.07) is 15.6. The van der Waals surface area contributed by atoms with E-state index < -0.39 is 17.5 Å². The van der Waals surface area contributed by atoms with Gasteiger partial charge in [0.05, 0.1) is 11.1 Å². The van der Waals surface area contributed by atoms with Gasteiger partial charge in [0.2, 0.25) is 0 Å². The molecule has 38 heavy (non-hydrogen) atoms. The van der Waals surface area contributed by atoms with Gasteiger partial charge < -0.3 is 14.6 Å². The van der Waals surface area contributed by atoms with Crippen molar-refractivity contribution in [2.45, 2.75) is 20.3 Å². The van der Waals surface area contributed by atoms with E-state index in [1.807, 2.05) is 24.3 Å². The predicted molar refractivity (Wildman–Crippen MR) is 145 cm³/mol. The van der Waals surface area contributed by atoms with E-state index in [0.29, 0.717) is 30.6 Å². The van der Waals surface area contributed by atoms with E-state index in [9.17, 15) is 9.18 Å². The largest absolute Gasteiger partial charge is 0.351 e. The lowest BCUT2D eigenvalue weighted by molar-refractivity contribution is 0.0945. The molecule has 8 heteroatoms. The molecule has 0 unspecified atom stereocenters. The Morgan fingerprint density at radius 3 is 2.58 bits per heavy atom. The van der Waals surface area contributed by atoms with Crippen molar-refractivity contribution < 1.29 is 13.6 Å². The Labute approximate surface area is 220 Å². The van der Waals surface area contributed by atoms with Gasteiger partial charge in [-0.2, -0.15) is 0 Å². The third kappa shape index (κ3) is 5.26. The maximum absolute atomic E-state index is 15.0. The minimum absolute atomic E-state index is 0.0380. The van der Waals surface area contributed by atoms with Crippen LogP contribution in [0, 0.1) is 11.6 Å². The molecule has 1 amide bonds. The van der Waals surface area contributed by atoms with Crippen molar-refractivity contribution in [2.75, 3.05) is 26.2 Å². The Morgan fingerprint density at radius 2 is 1.79 bits per heavy atom. The number of rotatable bonds is 9. The third-order valence-corrected chi connectivity index (χ3v) is 6.85. The number of fused-ring (bicyclic) bond motifs is 2. The number of pyridine rings is 2. The normalized spacial score (nSPS) is 11.5. The van der Waals surface area contributed by atoms with Crippen molar-refractivity contribution >= 4 is 22.5 Å². The number of benzene rings is 2. The lowest BCUT2D eigenvalue weighted by Gasteiger charge is -2.18. The SMILES string of the molecule is CCN(CC)CCNC(=O)c1ccc(-c2cc(F)c3ncc(Cc4ccc5ncccc5c4)n3c2)cc1F. The van der Waals surface area contributed by atoms with Crippen LogP contribution in [0.2, 0.25) is 0 Å². The fourth-order valence-electron chi connectivity index (χ4n) is 4.67. The molecule has 3 heterocycles. The number of nitrogens with zero attached hydrogens (tertiary/aromatic N) is 4. The van der Waals surface area contributed by atoms with Gasteiger partial charge in [0.1, 0.15) is 5.82 Å². The number of amides is 1. The maximum atomic E-state index is 15.0. The average molecular weight is 514 g/mol. The first-order valence-electron chi connectivity index (χ1n) is 12.8. The van der Waals surface area contributed by atoms with Gasteiger partial charge in [0, 0.05) is 54.7 Å². The monoisotopic (exact) mass is 513 g/mol. The van der Waals surface area contributed by atoms with E-state index in [1.165, 1.54) is 18.2 Å².